The predicted octanol–water partition coefficient (Wildman–Crippen LogP) is 1.63. The molecule has 0 unspecified atom stereocenters. The van der Waals surface area contributed by atoms with Crippen LogP contribution < -0.4 is 10.6 Å². The summed E-state index contributed by atoms with van der Waals surface area (Å²) in [6.45, 7) is 2.43. The number of benzene rings is 1. The smallest absolute Gasteiger partial charge is 0.240 e. The number of imidazole rings is 1. The largest absolute Gasteiger partial charge is 0.390 e. The van der Waals surface area contributed by atoms with Crippen LogP contribution in [0.15, 0.2) is 41.7 Å². The van der Waals surface area contributed by atoms with E-state index < -0.39 is 0 Å². The van der Waals surface area contributed by atoms with Gasteiger partial charge < -0.3 is 20.3 Å². The Labute approximate surface area is 150 Å². The van der Waals surface area contributed by atoms with Crippen molar-refractivity contribution in [1.29, 1.82) is 0 Å². The van der Waals surface area contributed by atoms with Gasteiger partial charge in [-0.05, 0) is 18.6 Å². The molecule has 0 saturated carbocycles. The van der Waals surface area contributed by atoms with E-state index in [2.05, 4.69) is 15.6 Å². The highest BCUT2D eigenvalue weighted by molar-refractivity contribution is 7.99. The molecule has 2 rings (SSSR count). The summed E-state index contributed by atoms with van der Waals surface area (Å²) < 4.78 is 1.63. The van der Waals surface area contributed by atoms with Crippen molar-refractivity contribution in [2.24, 2.45) is 0 Å². The predicted molar refractivity (Wildman–Crippen MR) is 97.2 cm³/mol. The van der Waals surface area contributed by atoms with Crippen molar-refractivity contribution in [3.63, 3.8) is 0 Å². The minimum Gasteiger partial charge on any atom is -0.390 e. The lowest BCUT2D eigenvalue weighted by Crippen LogP contribution is -2.29. The summed E-state index contributed by atoms with van der Waals surface area (Å²) in [5.41, 5.74) is 1.27. The van der Waals surface area contributed by atoms with E-state index in [-0.39, 0.29) is 30.7 Å². The first-order valence-electron chi connectivity index (χ1n) is 8.03. The first-order valence-corrected chi connectivity index (χ1v) is 9.02. The third kappa shape index (κ3) is 5.91. The van der Waals surface area contributed by atoms with E-state index in [4.69, 9.17) is 0 Å². The molecule has 0 bridgehead atoms. The van der Waals surface area contributed by atoms with E-state index in [0.29, 0.717) is 17.4 Å². The van der Waals surface area contributed by atoms with E-state index in [0.717, 1.165) is 12.1 Å². The Kier molecular flexibility index (Phi) is 7.49. The summed E-state index contributed by atoms with van der Waals surface area (Å²) in [4.78, 5) is 28.2. The molecule has 1 heterocycles. The minimum atomic E-state index is -0.217. The van der Waals surface area contributed by atoms with E-state index >= 15 is 0 Å². The van der Waals surface area contributed by atoms with Crippen LogP contribution in [-0.2, 0) is 22.7 Å². The molecule has 2 aromatic rings. The lowest BCUT2D eigenvalue weighted by atomic mass is 10.3. The van der Waals surface area contributed by atoms with Crippen LogP contribution in [0.5, 0.6) is 0 Å². The lowest BCUT2D eigenvalue weighted by Gasteiger charge is -2.11. The molecule has 0 radical (unpaired) electrons. The summed E-state index contributed by atoms with van der Waals surface area (Å²) in [7, 11) is 0. The van der Waals surface area contributed by atoms with Crippen LogP contribution in [0.25, 0.3) is 0 Å². The van der Waals surface area contributed by atoms with Crippen LogP contribution in [0.4, 0.5) is 5.69 Å². The number of hydrogen-bond donors (Lipinski definition) is 3. The highest BCUT2D eigenvalue weighted by Crippen LogP contribution is 2.19. The van der Waals surface area contributed by atoms with Crippen molar-refractivity contribution in [3.8, 4) is 0 Å². The van der Waals surface area contributed by atoms with Crippen LogP contribution >= 0.6 is 11.8 Å². The topological polar surface area (TPSA) is 96.2 Å². The number of aromatic nitrogens is 2. The SMILES string of the molecule is CCCNC(=O)Cn1c(CO)cnc1SCC(=O)Nc1ccccc1. The summed E-state index contributed by atoms with van der Waals surface area (Å²) in [6.07, 6.45) is 2.37. The molecular weight excluding hydrogens is 340 g/mol. The van der Waals surface area contributed by atoms with Gasteiger partial charge in [-0.3, -0.25) is 9.59 Å². The summed E-state index contributed by atoms with van der Waals surface area (Å²) in [5, 5.41) is 15.5. The molecular formula is C17H22N4O3S. The zero-order chi connectivity index (χ0) is 18.1. The molecule has 8 heteroatoms. The van der Waals surface area contributed by atoms with E-state index in [9.17, 15) is 14.7 Å². The highest BCUT2D eigenvalue weighted by atomic mass is 32.2. The second-order valence-electron chi connectivity index (χ2n) is 5.33. The van der Waals surface area contributed by atoms with E-state index in [1.54, 1.807) is 4.57 Å². The Hall–Kier alpha value is -2.32. The molecule has 1 aromatic heterocycles. The number of nitrogens with zero attached hydrogens (tertiary/aromatic N) is 2. The number of carbonyl (C=O) groups excluding carboxylic acids is 2. The zero-order valence-electron chi connectivity index (χ0n) is 14.1. The Morgan fingerprint density at radius 1 is 1.24 bits per heavy atom. The number of aliphatic hydroxyl groups is 1. The second kappa shape index (κ2) is 9.85. The fourth-order valence-corrected chi connectivity index (χ4v) is 2.91. The third-order valence-corrected chi connectivity index (χ3v) is 4.32. The van der Waals surface area contributed by atoms with E-state index in [1.807, 2.05) is 37.3 Å². The Balaban J connectivity index is 1.95. The third-order valence-electron chi connectivity index (χ3n) is 3.33. The molecule has 0 fully saturated rings. The number of amides is 2. The minimum absolute atomic E-state index is 0.0680. The summed E-state index contributed by atoms with van der Waals surface area (Å²) >= 11 is 1.23. The van der Waals surface area contributed by atoms with Gasteiger partial charge in [-0.15, -0.1) is 0 Å². The van der Waals surface area contributed by atoms with Gasteiger partial charge in [-0.2, -0.15) is 0 Å². The number of aliphatic hydroxyl groups excluding tert-OH is 1. The Morgan fingerprint density at radius 3 is 2.68 bits per heavy atom. The monoisotopic (exact) mass is 362 g/mol. The van der Waals surface area contributed by atoms with Crippen LogP contribution in [0.2, 0.25) is 0 Å². The molecule has 3 N–H and O–H groups in total. The molecule has 25 heavy (non-hydrogen) atoms. The molecule has 134 valence electrons. The van der Waals surface area contributed by atoms with Crippen LogP contribution in [0, 0.1) is 0 Å². The number of para-hydroxylation sites is 1. The highest BCUT2D eigenvalue weighted by Gasteiger charge is 2.14. The molecule has 1 aromatic carbocycles. The molecule has 0 spiro atoms. The summed E-state index contributed by atoms with van der Waals surface area (Å²) in [5.74, 6) is -0.148. The van der Waals surface area contributed by atoms with Crippen LogP contribution in [-0.4, -0.2) is 38.8 Å². The van der Waals surface area contributed by atoms with Gasteiger partial charge in [0.2, 0.25) is 11.8 Å². The summed E-state index contributed by atoms with van der Waals surface area (Å²) in [6, 6.07) is 9.19. The first kappa shape index (κ1) is 19.0. The number of anilines is 1. The molecule has 0 aliphatic rings. The van der Waals surface area contributed by atoms with Gasteiger partial charge in [0.25, 0.3) is 0 Å². The number of hydrogen-bond acceptors (Lipinski definition) is 5. The van der Waals surface area contributed by atoms with Gasteiger partial charge in [-0.1, -0.05) is 36.9 Å². The average Bonchev–Trinajstić information content (AvgIpc) is 3.00. The van der Waals surface area contributed by atoms with Crippen LogP contribution in [0.3, 0.4) is 0 Å². The fraction of sp³-hybridized carbons (Fsp3) is 0.353. The Morgan fingerprint density at radius 2 is 2.00 bits per heavy atom. The normalized spacial score (nSPS) is 10.5. The second-order valence-corrected chi connectivity index (χ2v) is 6.27. The Bertz CT molecular complexity index is 703. The molecule has 0 atom stereocenters. The van der Waals surface area contributed by atoms with Gasteiger partial charge in [0.1, 0.15) is 6.54 Å². The first-order chi connectivity index (χ1) is 12.1. The number of carbonyl (C=O) groups is 2. The van der Waals surface area contributed by atoms with Gasteiger partial charge in [0.15, 0.2) is 5.16 Å². The molecule has 0 aliphatic carbocycles. The van der Waals surface area contributed by atoms with Crippen molar-refractivity contribution in [2.75, 3.05) is 17.6 Å². The number of thioether (sulfide) groups is 1. The standard InChI is InChI=1S/C17H22N4O3S/c1-2-8-18-15(23)10-21-14(11-22)9-19-17(21)25-12-16(24)20-13-6-4-3-5-7-13/h3-7,9,22H,2,8,10-12H2,1H3,(H,18,23)(H,20,24). The number of nitrogens with one attached hydrogen (secondary N) is 2. The maximum atomic E-state index is 12.0. The zero-order valence-corrected chi connectivity index (χ0v) is 14.9. The van der Waals surface area contributed by atoms with Crippen molar-refractivity contribution in [2.45, 2.75) is 31.7 Å². The van der Waals surface area contributed by atoms with Gasteiger partial charge in [0.05, 0.1) is 24.3 Å². The number of rotatable bonds is 9. The molecule has 0 aliphatic heterocycles. The molecule has 0 saturated heterocycles. The van der Waals surface area contributed by atoms with Crippen molar-refractivity contribution < 1.29 is 14.7 Å². The molecule has 2 amide bonds. The fourth-order valence-electron chi connectivity index (χ4n) is 2.12. The van der Waals surface area contributed by atoms with Crippen molar-refractivity contribution in [1.82, 2.24) is 14.9 Å². The quantitative estimate of drug-likeness (QED) is 0.589. The lowest BCUT2D eigenvalue weighted by molar-refractivity contribution is -0.121. The molecule has 7 nitrogen and oxygen atoms in total. The van der Waals surface area contributed by atoms with Crippen LogP contribution in [0.1, 0.15) is 19.0 Å². The van der Waals surface area contributed by atoms with Gasteiger partial charge in [0, 0.05) is 12.2 Å². The van der Waals surface area contributed by atoms with Gasteiger partial charge >= 0.3 is 0 Å². The average molecular weight is 362 g/mol. The van der Waals surface area contributed by atoms with Crippen molar-refractivity contribution in [3.05, 3.63) is 42.2 Å². The van der Waals surface area contributed by atoms with Gasteiger partial charge in [-0.25, -0.2) is 4.98 Å². The maximum absolute atomic E-state index is 12.0. The van der Waals surface area contributed by atoms with Crippen molar-refractivity contribution >= 4 is 29.3 Å². The van der Waals surface area contributed by atoms with E-state index in [1.165, 1.54) is 18.0 Å². The maximum Gasteiger partial charge on any atom is 0.240 e.